The Hall–Kier alpha value is -1.96. The molecular formula is C12H9N2O3P. The van der Waals surface area contributed by atoms with Crippen molar-refractivity contribution in [1.29, 1.82) is 0 Å². The van der Waals surface area contributed by atoms with Crippen LogP contribution in [0.1, 0.15) is 17.8 Å². The van der Waals surface area contributed by atoms with Gasteiger partial charge in [-0.1, -0.05) is 0 Å². The summed E-state index contributed by atoms with van der Waals surface area (Å²) < 4.78 is 10.6. The van der Waals surface area contributed by atoms with E-state index in [1.807, 2.05) is 12.1 Å². The van der Waals surface area contributed by atoms with Crippen molar-refractivity contribution in [2.45, 2.75) is 12.8 Å². The molecule has 0 aliphatic carbocycles. The van der Waals surface area contributed by atoms with Crippen LogP contribution in [0.25, 0.3) is 11.0 Å². The molecule has 2 rings (SSSR count). The van der Waals surface area contributed by atoms with Crippen molar-refractivity contribution in [3.63, 3.8) is 0 Å². The van der Waals surface area contributed by atoms with Gasteiger partial charge in [0.2, 0.25) is 0 Å². The zero-order valence-corrected chi connectivity index (χ0v) is 10.2. The summed E-state index contributed by atoms with van der Waals surface area (Å²) in [6.07, 6.45) is 0.197. The summed E-state index contributed by atoms with van der Waals surface area (Å²) in [5.41, 5.74) is 4.75. The van der Waals surface area contributed by atoms with Gasteiger partial charge in [0.25, 0.3) is 0 Å². The summed E-state index contributed by atoms with van der Waals surface area (Å²) in [5, 5.41) is 8.68. The van der Waals surface area contributed by atoms with Crippen molar-refractivity contribution >= 4 is 24.9 Å². The Morgan fingerprint density at radius 2 is 1.94 bits per heavy atom. The fraction of sp³-hybridized carbons (Fsp3) is 0.167. The molecule has 0 fully saturated rings. The van der Waals surface area contributed by atoms with Crippen LogP contribution in [0, 0.1) is 5.63 Å². The molecule has 2 aromatic rings. The zero-order chi connectivity index (χ0) is 13.0. The van der Waals surface area contributed by atoms with Gasteiger partial charge < -0.3 is 0 Å². The number of carboxylic acid groups (broad SMARTS) is 1. The standard InChI is InChI=1S/C12H9N2O3P/c15-12(16)6-5-10-11(7-18-17)14-9-4-2-1-3-8(9)13-10/h1-4H,5-6H2,(H,15,16). The minimum absolute atomic E-state index is 0.0442. The number of benzene rings is 1. The van der Waals surface area contributed by atoms with Crippen LogP contribution < -0.4 is 0 Å². The predicted molar refractivity (Wildman–Crippen MR) is 66.1 cm³/mol. The molecule has 1 N–H and O–H groups in total. The van der Waals surface area contributed by atoms with Crippen molar-refractivity contribution in [2.24, 2.45) is 0 Å². The van der Waals surface area contributed by atoms with Crippen LogP contribution in [0.3, 0.4) is 0 Å². The van der Waals surface area contributed by atoms with Crippen molar-refractivity contribution in [2.75, 3.05) is 0 Å². The number of carbonyl (C=O) groups is 1. The zero-order valence-electron chi connectivity index (χ0n) is 9.33. The summed E-state index contributed by atoms with van der Waals surface area (Å²) in [6, 6.07) is 7.24. The molecule has 0 amide bonds. The maximum absolute atomic E-state index is 10.6. The molecule has 1 aromatic heterocycles. The summed E-state index contributed by atoms with van der Waals surface area (Å²) in [7, 11) is -0.293. The number of rotatable bonds is 3. The average Bonchev–Trinajstić information content (AvgIpc) is 2.36. The van der Waals surface area contributed by atoms with E-state index in [1.165, 1.54) is 0 Å². The van der Waals surface area contributed by atoms with E-state index in [4.69, 9.17) is 5.11 Å². The maximum atomic E-state index is 10.6. The first-order valence-electron chi connectivity index (χ1n) is 5.26. The van der Waals surface area contributed by atoms with E-state index in [0.717, 1.165) is 0 Å². The molecule has 1 aromatic carbocycles. The molecule has 0 aliphatic rings. The first-order chi connectivity index (χ1) is 8.70. The number of hydrogen-bond donors (Lipinski definition) is 1. The molecule has 0 saturated carbocycles. The van der Waals surface area contributed by atoms with E-state index in [1.54, 1.807) is 12.1 Å². The van der Waals surface area contributed by atoms with Gasteiger partial charge in [0.05, 0.1) is 0 Å². The molecule has 0 unspecified atom stereocenters. The van der Waals surface area contributed by atoms with Crippen LogP contribution in [-0.4, -0.2) is 21.0 Å². The van der Waals surface area contributed by atoms with E-state index in [9.17, 15) is 9.36 Å². The van der Waals surface area contributed by atoms with Crippen LogP contribution in [0.4, 0.5) is 0 Å². The van der Waals surface area contributed by atoms with Crippen LogP contribution in [0.5, 0.6) is 0 Å². The molecule has 90 valence electrons. The van der Waals surface area contributed by atoms with E-state index >= 15 is 0 Å². The number of hydrogen-bond acceptors (Lipinski definition) is 4. The Labute approximate surface area is 104 Å². The quantitative estimate of drug-likeness (QED) is 0.856. The van der Waals surface area contributed by atoms with Gasteiger partial charge in [-0.25, -0.2) is 0 Å². The first-order valence-corrected chi connectivity index (χ1v) is 6.08. The summed E-state index contributed by atoms with van der Waals surface area (Å²) >= 11 is 0. The van der Waals surface area contributed by atoms with E-state index in [2.05, 4.69) is 15.6 Å². The Morgan fingerprint density at radius 1 is 1.28 bits per heavy atom. The number of fused-ring (bicyclic) bond motifs is 1. The first kappa shape index (κ1) is 12.5. The molecule has 0 aliphatic heterocycles. The molecule has 6 heteroatoms. The van der Waals surface area contributed by atoms with Crippen molar-refractivity contribution in [3.05, 3.63) is 35.7 Å². The number of aliphatic carboxylic acids is 1. The van der Waals surface area contributed by atoms with Gasteiger partial charge in [0.1, 0.15) is 0 Å². The topological polar surface area (TPSA) is 80.2 Å². The van der Waals surface area contributed by atoms with Crippen molar-refractivity contribution in [1.82, 2.24) is 9.97 Å². The van der Waals surface area contributed by atoms with Crippen LogP contribution in [0.2, 0.25) is 0 Å². The molecule has 0 bridgehead atoms. The normalized spacial score (nSPS) is 10.0. The molecule has 0 radical (unpaired) electrons. The average molecular weight is 260 g/mol. The fourth-order valence-electron chi connectivity index (χ4n) is 1.57. The van der Waals surface area contributed by atoms with Gasteiger partial charge in [-0.2, -0.15) is 0 Å². The Morgan fingerprint density at radius 3 is 2.56 bits per heavy atom. The van der Waals surface area contributed by atoms with Gasteiger partial charge in [-0.3, -0.25) is 0 Å². The van der Waals surface area contributed by atoms with Gasteiger partial charge in [-0.05, 0) is 0 Å². The second kappa shape index (κ2) is 5.58. The van der Waals surface area contributed by atoms with Crippen molar-refractivity contribution in [3.8, 4) is 5.63 Å². The number of carboxylic acids is 1. The van der Waals surface area contributed by atoms with Gasteiger partial charge >= 0.3 is 103 Å². The SMILES string of the molecule is O=P#Cc1nc2ccccc2nc1CCC(=O)O. The molecule has 0 spiro atoms. The van der Waals surface area contributed by atoms with Gasteiger partial charge in [-0.15, -0.1) is 0 Å². The molecule has 18 heavy (non-hydrogen) atoms. The molecule has 0 atom stereocenters. The number of aromatic nitrogens is 2. The second-order valence-corrected chi connectivity index (χ2v) is 4.01. The summed E-state index contributed by atoms with van der Waals surface area (Å²) in [5.74, 6) is -0.907. The number of aryl methyl sites for hydroxylation is 1. The number of nitrogens with zero attached hydrogens (tertiary/aromatic N) is 2. The molecule has 0 saturated heterocycles. The Kier molecular flexibility index (Phi) is 3.88. The third kappa shape index (κ3) is 2.83. The monoisotopic (exact) mass is 260 g/mol. The summed E-state index contributed by atoms with van der Waals surface area (Å²) in [6.45, 7) is 0. The van der Waals surface area contributed by atoms with Gasteiger partial charge in [0.15, 0.2) is 0 Å². The number of para-hydroxylation sites is 2. The third-order valence-corrected chi connectivity index (χ3v) is 2.67. The molecule has 5 nitrogen and oxygen atoms in total. The van der Waals surface area contributed by atoms with E-state index in [-0.39, 0.29) is 20.8 Å². The van der Waals surface area contributed by atoms with Crippen molar-refractivity contribution < 1.29 is 14.5 Å². The van der Waals surface area contributed by atoms with E-state index in [0.29, 0.717) is 22.4 Å². The van der Waals surface area contributed by atoms with Gasteiger partial charge in [0, 0.05) is 0 Å². The fourth-order valence-corrected chi connectivity index (χ4v) is 1.83. The van der Waals surface area contributed by atoms with E-state index < -0.39 is 5.97 Å². The minimum atomic E-state index is -0.907. The van der Waals surface area contributed by atoms with Crippen LogP contribution >= 0.6 is 7.92 Å². The third-order valence-electron chi connectivity index (χ3n) is 2.37. The molecule has 1 heterocycles. The Bertz CT molecular complexity index is 709. The van der Waals surface area contributed by atoms with Crippen LogP contribution in [0.15, 0.2) is 24.3 Å². The van der Waals surface area contributed by atoms with Crippen LogP contribution in [-0.2, 0) is 15.8 Å². The predicted octanol–water partition coefficient (Wildman–Crippen LogP) is 2.25. The molecular weight excluding hydrogens is 251 g/mol. The second-order valence-electron chi connectivity index (χ2n) is 3.60. The summed E-state index contributed by atoms with van der Waals surface area (Å²) in [4.78, 5) is 19.2. The Balaban J connectivity index is 2.52.